The first kappa shape index (κ1) is 12.9. The second-order valence-electron chi connectivity index (χ2n) is 4.02. The molecule has 1 aromatic rings. The maximum Gasteiger partial charge on any atom is 0.340 e. The first-order valence-corrected chi connectivity index (χ1v) is 5.91. The smallest absolute Gasteiger partial charge is 0.340 e. The lowest BCUT2D eigenvalue weighted by Crippen LogP contribution is -2.25. The zero-order valence-electron chi connectivity index (χ0n) is 9.72. The molecule has 1 unspecified atom stereocenters. The van der Waals surface area contributed by atoms with Gasteiger partial charge in [-0.25, -0.2) is 9.18 Å². The monoisotopic (exact) mass is 269 g/mol. The summed E-state index contributed by atoms with van der Waals surface area (Å²) in [5, 5.41) is -0.0378. The molecule has 1 aromatic carbocycles. The lowest BCUT2D eigenvalue weighted by Gasteiger charge is -2.16. The van der Waals surface area contributed by atoms with Gasteiger partial charge in [0.15, 0.2) is 0 Å². The van der Waals surface area contributed by atoms with Crippen LogP contribution in [-0.2, 0) is 9.53 Å². The van der Waals surface area contributed by atoms with Crippen LogP contribution in [-0.4, -0.2) is 30.8 Å². The molecule has 0 aliphatic carbocycles. The molecule has 4 nitrogen and oxygen atoms in total. The van der Waals surface area contributed by atoms with Crippen molar-refractivity contribution in [1.82, 2.24) is 0 Å². The normalized spacial score (nSPS) is 19.2. The van der Waals surface area contributed by atoms with Crippen molar-refractivity contribution in [3.05, 3.63) is 29.6 Å². The van der Waals surface area contributed by atoms with E-state index in [1.807, 2.05) is 0 Å². The van der Waals surface area contributed by atoms with Gasteiger partial charge in [0.25, 0.3) is 0 Å². The van der Waals surface area contributed by atoms with Gasteiger partial charge >= 0.3 is 5.97 Å². The van der Waals surface area contributed by atoms with Crippen LogP contribution in [0.25, 0.3) is 0 Å². The minimum atomic E-state index is -0.761. The lowest BCUT2D eigenvalue weighted by molar-refractivity contribution is -0.117. The number of esters is 1. The van der Waals surface area contributed by atoms with Crippen LogP contribution in [0.5, 0.6) is 0 Å². The minimum absolute atomic E-state index is 0.0378. The minimum Gasteiger partial charge on any atom is -0.465 e. The third-order valence-corrected chi connectivity index (χ3v) is 3.12. The van der Waals surface area contributed by atoms with E-state index in [9.17, 15) is 14.0 Å². The summed E-state index contributed by atoms with van der Waals surface area (Å²) in [5.41, 5.74) is 0.309. The Kier molecular flexibility index (Phi) is 3.56. The zero-order chi connectivity index (χ0) is 13.3. The van der Waals surface area contributed by atoms with Crippen molar-refractivity contribution in [2.45, 2.75) is 11.7 Å². The van der Waals surface area contributed by atoms with E-state index in [0.717, 1.165) is 6.07 Å². The Labute approximate surface area is 109 Å². The van der Waals surface area contributed by atoms with E-state index in [-0.39, 0.29) is 16.7 Å². The Bertz CT molecular complexity index is 506. The molecule has 1 heterocycles. The molecule has 0 bridgehead atoms. The van der Waals surface area contributed by atoms with Crippen LogP contribution in [0.15, 0.2) is 18.2 Å². The Hall–Kier alpha value is -1.56. The van der Waals surface area contributed by atoms with Crippen LogP contribution in [0.3, 0.4) is 0 Å². The molecule has 0 aromatic heterocycles. The summed E-state index contributed by atoms with van der Waals surface area (Å²) in [6, 6.07) is 3.94. The quantitative estimate of drug-likeness (QED) is 0.656. The molecule has 0 N–H and O–H groups in total. The second-order valence-corrected chi connectivity index (χ2v) is 4.75. The molecule has 0 radical (unpaired) electrons. The number of thiol groups is 1. The van der Waals surface area contributed by atoms with E-state index in [1.54, 1.807) is 0 Å². The maximum absolute atomic E-state index is 13.4. The van der Waals surface area contributed by atoms with E-state index < -0.39 is 11.8 Å². The van der Waals surface area contributed by atoms with Gasteiger partial charge in [-0.1, -0.05) is 0 Å². The van der Waals surface area contributed by atoms with Gasteiger partial charge in [-0.2, -0.15) is 12.6 Å². The number of nitrogens with zero attached hydrogens (tertiary/aromatic N) is 1. The van der Waals surface area contributed by atoms with E-state index in [4.69, 9.17) is 0 Å². The Morgan fingerprint density at radius 3 is 2.83 bits per heavy atom. The highest BCUT2D eigenvalue weighted by Crippen LogP contribution is 2.26. The largest absolute Gasteiger partial charge is 0.465 e. The number of hydrogen-bond acceptors (Lipinski definition) is 4. The summed E-state index contributed by atoms with van der Waals surface area (Å²) in [4.78, 5) is 24.5. The van der Waals surface area contributed by atoms with Gasteiger partial charge in [-0.05, 0) is 18.2 Å². The number of halogens is 1. The molecular weight excluding hydrogens is 257 g/mol. The molecule has 96 valence electrons. The highest BCUT2D eigenvalue weighted by Gasteiger charge is 2.29. The molecule has 1 aliphatic heterocycles. The fourth-order valence-electron chi connectivity index (χ4n) is 1.89. The molecule has 6 heteroatoms. The van der Waals surface area contributed by atoms with Gasteiger partial charge < -0.3 is 9.64 Å². The van der Waals surface area contributed by atoms with Crippen LogP contribution < -0.4 is 4.90 Å². The number of amides is 1. The van der Waals surface area contributed by atoms with Crippen LogP contribution in [0.1, 0.15) is 16.8 Å². The van der Waals surface area contributed by atoms with Gasteiger partial charge in [-0.3, -0.25) is 4.79 Å². The first-order valence-electron chi connectivity index (χ1n) is 5.39. The van der Waals surface area contributed by atoms with Crippen LogP contribution in [0.4, 0.5) is 10.1 Å². The molecule has 18 heavy (non-hydrogen) atoms. The average molecular weight is 269 g/mol. The number of anilines is 1. The molecule has 2 rings (SSSR count). The number of methoxy groups -OCH3 is 1. The van der Waals surface area contributed by atoms with Crippen molar-refractivity contribution >= 4 is 30.2 Å². The van der Waals surface area contributed by atoms with E-state index in [2.05, 4.69) is 17.4 Å². The summed E-state index contributed by atoms with van der Waals surface area (Å²) >= 11 is 4.24. The SMILES string of the molecule is COC(=O)c1cc(N2CC(S)CC2=O)ccc1F. The van der Waals surface area contributed by atoms with Gasteiger partial charge in [0, 0.05) is 23.9 Å². The van der Waals surface area contributed by atoms with Crippen molar-refractivity contribution in [2.24, 2.45) is 0 Å². The van der Waals surface area contributed by atoms with E-state index >= 15 is 0 Å². The van der Waals surface area contributed by atoms with Gasteiger partial charge in [0.2, 0.25) is 5.91 Å². The van der Waals surface area contributed by atoms with Crippen LogP contribution in [0.2, 0.25) is 0 Å². The Balaban J connectivity index is 2.35. The topological polar surface area (TPSA) is 46.6 Å². The number of ether oxygens (including phenoxy) is 1. The van der Waals surface area contributed by atoms with Crippen LogP contribution >= 0.6 is 12.6 Å². The highest BCUT2D eigenvalue weighted by molar-refractivity contribution is 7.81. The van der Waals surface area contributed by atoms with Crippen molar-refractivity contribution in [2.75, 3.05) is 18.6 Å². The zero-order valence-corrected chi connectivity index (χ0v) is 10.6. The highest BCUT2D eigenvalue weighted by atomic mass is 32.1. The predicted molar refractivity (Wildman–Crippen MR) is 67.5 cm³/mol. The molecule has 1 amide bonds. The van der Waals surface area contributed by atoms with Crippen molar-refractivity contribution < 1.29 is 18.7 Å². The Morgan fingerprint density at radius 1 is 1.56 bits per heavy atom. The number of rotatable bonds is 2. The molecular formula is C12H12FNO3S. The fourth-order valence-corrected chi connectivity index (χ4v) is 2.21. The van der Waals surface area contributed by atoms with Gasteiger partial charge in [0.05, 0.1) is 12.7 Å². The fraction of sp³-hybridized carbons (Fsp3) is 0.333. The average Bonchev–Trinajstić information content (AvgIpc) is 2.68. The van der Waals surface area contributed by atoms with Gasteiger partial charge in [0.1, 0.15) is 5.82 Å². The van der Waals surface area contributed by atoms with Crippen molar-refractivity contribution in [3.8, 4) is 0 Å². The lowest BCUT2D eigenvalue weighted by atomic mass is 10.2. The number of carbonyl (C=O) groups is 2. The maximum atomic E-state index is 13.4. The number of hydrogen-bond donors (Lipinski definition) is 1. The molecule has 1 saturated heterocycles. The second kappa shape index (κ2) is 4.97. The summed E-state index contributed by atoms with van der Waals surface area (Å²) in [6.45, 7) is 0.453. The molecule has 0 saturated carbocycles. The standard InChI is InChI=1S/C12H12FNO3S/c1-17-12(16)9-4-7(2-3-10(9)13)14-6-8(18)5-11(14)15/h2-4,8,18H,5-6H2,1H3. The predicted octanol–water partition coefficient (Wildman–Crippen LogP) is 1.65. The molecule has 1 aliphatic rings. The summed E-state index contributed by atoms with van der Waals surface area (Å²) in [7, 11) is 1.18. The first-order chi connectivity index (χ1) is 8.52. The van der Waals surface area contributed by atoms with E-state index in [0.29, 0.717) is 18.7 Å². The molecule has 1 fully saturated rings. The summed E-state index contributed by atoms with van der Waals surface area (Å²) in [5.74, 6) is -1.51. The van der Waals surface area contributed by atoms with Crippen molar-refractivity contribution in [3.63, 3.8) is 0 Å². The third-order valence-electron chi connectivity index (χ3n) is 2.77. The van der Waals surface area contributed by atoms with Crippen molar-refractivity contribution in [1.29, 1.82) is 0 Å². The number of benzene rings is 1. The molecule has 1 atom stereocenters. The summed E-state index contributed by atoms with van der Waals surface area (Å²) < 4.78 is 17.9. The van der Waals surface area contributed by atoms with Gasteiger partial charge in [-0.15, -0.1) is 0 Å². The molecule has 0 spiro atoms. The Morgan fingerprint density at radius 2 is 2.28 bits per heavy atom. The summed E-state index contributed by atoms with van der Waals surface area (Å²) in [6.07, 6.45) is 0.341. The number of carbonyl (C=O) groups excluding carboxylic acids is 2. The third kappa shape index (κ3) is 2.33. The van der Waals surface area contributed by atoms with E-state index in [1.165, 1.54) is 24.1 Å². The van der Waals surface area contributed by atoms with Crippen LogP contribution in [0, 0.1) is 5.82 Å².